The molecular formula is C13H17NO3. The third kappa shape index (κ3) is 3.92. The Morgan fingerprint density at radius 2 is 2.29 bits per heavy atom. The van der Waals surface area contributed by atoms with E-state index >= 15 is 0 Å². The number of benzene rings is 1. The standard InChI is InChI=1S/C13H17NO3/c1-14-8-4-3-5-10-6-7-11(13(15)16)12(9-10)17-2/h3,5-7,9,14H,4,8H2,1-2H3,(H,15,16). The maximum Gasteiger partial charge on any atom is 0.339 e. The monoisotopic (exact) mass is 235 g/mol. The summed E-state index contributed by atoms with van der Waals surface area (Å²) in [6.07, 6.45) is 4.91. The van der Waals surface area contributed by atoms with Crippen LogP contribution in [0.15, 0.2) is 24.3 Å². The molecule has 0 bridgehead atoms. The zero-order valence-electron chi connectivity index (χ0n) is 10.1. The van der Waals surface area contributed by atoms with Crippen LogP contribution in [0.1, 0.15) is 22.3 Å². The molecule has 0 saturated carbocycles. The van der Waals surface area contributed by atoms with Gasteiger partial charge in [-0.15, -0.1) is 0 Å². The molecule has 0 spiro atoms. The second-order valence-corrected chi connectivity index (χ2v) is 3.56. The summed E-state index contributed by atoms with van der Waals surface area (Å²) in [4.78, 5) is 10.9. The molecule has 1 aromatic rings. The van der Waals surface area contributed by atoms with Crippen molar-refractivity contribution in [3.63, 3.8) is 0 Å². The normalized spacial score (nSPS) is 10.7. The van der Waals surface area contributed by atoms with Gasteiger partial charge in [0.2, 0.25) is 0 Å². The van der Waals surface area contributed by atoms with Crippen molar-refractivity contribution < 1.29 is 14.6 Å². The zero-order valence-corrected chi connectivity index (χ0v) is 10.1. The van der Waals surface area contributed by atoms with E-state index in [0.717, 1.165) is 18.5 Å². The lowest BCUT2D eigenvalue weighted by molar-refractivity contribution is 0.0693. The Kier molecular flexibility index (Phi) is 5.23. The van der Waals surface area contributed by atoms with Gasteiger partial charge in [-0.1, -0.05) is 18.2 Å². The van der Waals surface area contributed by atoms with Gasteiger partial charge in [0.25, 0.3) is 0 Å². The molecule has 0 aliphatic carbocycles. The molecular weight excluding hydrogens is 218 g/mol. The second-order valence-electron chi connectivity index (χ2n) is 3.56. The van der Waals surface area contributed by atoms with Crippen LogP contribution in [0.3, 0.4) is 0 Å². The van der Waals surface area contributed by atoms with Gasteiger partial charge in [0.15, 0.2) is 0 Å². The Balaban J connectivity index is 2.82. The number of methoxy groups -OCH3 is 1. The lowest BCUT2D eigenvalue weighted by Gasteiger charge is -2.05. The number of carboxylic acids is 1. The maximum atomic E-state index is 10.9. The van der Waals surface area contributed by atoms with Crippen LogP contribution in [-0.2, 0) is 0 Å². The zero-order chi connectivity index (χ0) is 12.7. The summed E-state index contributed by atoms with van der Waals surface area (Å²) in [5.41, 5.74) is 1.11. The third-order valence-electron chi connectivity index (χ3n) is 2.33. The summed E-state index contributed by atoms with van der Waals surface area (Å²) in [5, 5.41) is 12.0. The molecule has 4 heteroatoms. The second kappa shape index (κ2) is 6.70. The molecule has 0 aliphatic rings. The van der Waals surface area contributed by atoms with Gasteiger partial charge in [-0.25, -0.2) is 4.79 Å². The molecule has 0 heterocycles. The van der Waals surface area contributed by atoms with Crippen molar-refractivity contribution in [1.82, 2.24) is 5.32 Å². The van der Waals surface area contributed by atoms with E-state index in [1.54, 1.807) is 18.2 Å². The summed E-state index contributed by atoms with van der Waals surface area (Å²) >= 11 is 0. The Bertz CT molecular complexity index is 413. The largest absolute Gasteiger partial charge is 0.496 e. The van der Waals surface area contributed by atoms with Gasteiger partial charge in [0.05, 0.1) is 7.11 Å². The predicted octanol–water partition coefficient (Wildman–Crippen LogP) is 2.02. The molecule has 92 valence electrons. The first-order valence-electron chi connectivity index (χ1n) is 5.41. The Morgan fingerprint density at radius 1 is 1.53 bits per heavy atom. The first-order valence-corrected chi connectivity index (χ1v) is 5.41. The van der Waals surface area contributed by atoms with E-state index in [0.29, 0.717) is 5.75 Å². The number of hydrogen-bond donors (Lipinski definition) is 2. The van der Waals surface area contributed by atoms with Crippen LogP contribution in [0.25, 0.3) is 6.08 Å². The average Bonchev–Trinajstić information content (AvgIpc) is 2.34. The van der Waals surface area contributed by atoms with Crippen LogP contribution in [0, 0.1) is 0 Å². The molecule has 1 aromatic carbocycles. The molecule has 0 atom stereocenters. The number of nitrogens with one attached hydrogen (secondary N) is 1. The van der Waals surface area contributed by atoms with E-state index in [9.17, 15) is 4.79 Å². The minimum Gasteiger partial charge on any atom is -0.496 e. The van der Waals surface area contributed by atoms with Gasteiger partial charge < -0.3 is 15.2 Å². The molecule has 2 N–H and O–H groups in total. The maximum absolute atomic E-state index is 10.9. The summed E-state index contributed by atoms with van der Waals surface area (Å²) in [7, 11) is 3.37. The number of hydrogen-bond acceptors (Lipinski definition) is 3. The van der Waals surface area contributed by atoms with Gasteiger partial charge in [-0.05, 0) is 37.7 Å². The molecule has 0 radical (unpaired) electrons. The van der Waals surface area contributed by atoms with Crippen LogP contribution < -0.4 is 10.1 Å². The van der Waals surface area contributed by atoms with Crippen LogP contribution >= 0.6 is 0 Å². The van der Waals surface area contributed by atoms with Crippen molar-refractivity contribution in [2.75, 3.05) is 20.7 Å². The average molecular weight is 235 g/mol. The van der Waals surface area contributed by atoms with Crippen LogP contribution in [0.4, 0.5) is 0 Å². The predicted molar refractivity (Wildman–Crippen MR) is 67.5 cm³/mol. The van der Waals surface area contributed by atoms with Crippen LogP contribution in [0.5, 0.6) is 5.75 Å². The van der Waals surface area contributed by atoms with Crippen LogP contribution in [-0.4, -0.2) is 31.8 Å². The molecule has 0 unspecified atom stereocenters. The highest BCUT2D eigenvalue weighted by Gasteiger charge is 2.09. The number of carbonyl (C=O) groups is 1. The molecule has 1 rings (SSSR count). The van der Waals surface area contributed by atoms with Crippen molar-refractivity contribution in [1.29, 1.82) is 0 Å². The smallest absolute Gasteiger partial charge is 0.339 e. The molecule has 0 saturated heterocycles. The molecule has 0 aliphatic heterocycles. The first-order chi connectivity index (χ1) is 8.19. The fourth-order valence-corrected chi connectivity index (χ4v) is 1.44. The fourth-order valence-electron chi connectivity index (χ4n) is 1.44. The lowest BCUT2D eigenvalue weighted by Crippen LogP contribution is -2.05. The topological polar surface area (TPSA) is 58.6 Å². The Morgan fingerprint density at radius 3 is 2.88 bits per heavy atom. The fraction of sp³-hybridized carbons (Fsp3) is 0.308. The van der Waals surface area contributed by atoms with E-state index in [1.807, 2.05) is 19.2 Å². The molecule has 17 heavy (non-hydrogen) atoms. The summed E-state index contributed by atoms with van der Waals surface area (Å²) in [6, 6.07) is 5.04. The van der Waals surface area contributed by atoms with Gasteiger partial charge in [-0.2, -0.15) is 0 Å². The van der Waals surface area contributed by atoms with Crippen molar-refractivity contribution in [2.24, 2.45) is 0 Å². The molecule has 0 fully saturated rings. The van der Waals surface area contributed by atoms with E-state index < -0.39 is 5.97 Å². The summed E-state index contributed by atoms with van der Waals surface area (Å²) in [6.45, 7) is 0.918. The number of aromatic carboxylic acids is 1. The van der Waals surface area contributed by atoms with Crippen LogP contribution in [0.2, 0.25) is 0 Å². The van der Waals surface area contributed by atoms with Gasteiger partial charge in [-0.3, -0.25) is 0 Å². The van der Waals surface area contributed by atoms with E-state index in [1.165, 1.54) is 7.11 Å². The first kappa shape index (κ1) is 13.3. The minimum absolute atomic E-state index is 0.180. The highest BCUT2D eigenvalue weighted by molar-refractivity contribution is 5.91. The third-order valence-corrected chi connectivity index (χ3v) is 2.33. The summed E-state index contributed by atoms with van der Waals surface area (Å²) < 4.78 is 5.05. The highest BCUT2D eigenvalue weighted by atomic mass is 16.5. The molecule has 4 nitrogen and oxygen atoms in total. The van der Waals surface area contributed by atoms with Gasteiger partial charge in [0.1, 0.15) is 11.3 Å². The molecule has 0 amide bonds. The van der Waals surface area contributed by atoms with Gasteiger partial charge in [0, 0.05) is 0 Å². The number of ether oxygens (including phenoxy) is 1. The Labute approximate surface area is 101 Å². The minimum atomic E-state index is -0.979. The van der Waals surface area contributed by atoms with Crippen molar-refractivity contribution >= 4 is 12.0 Å². The number of carboxylic acid groups (broad SMARTS) is 1. The van der Waals surface area contributed by atoms with Crippen molar-refractivity contribution in [2.45, 2.75) is 6.42 Å². The highest BCUT2D eigenvalue weighted by Crippen LogP contribution is 2.21. The van der Waals surface area contributed by atoms with E-state index in [-0.39, 0.29) is 5.56 Å². The lowest BCUT2D eigenvalue weighted by atomic mass is 10.1. The van der Waals surface area contributed by atoms with Crippen molar-refractivity contribution in [3.8, 4) is 5.75 Å². The van der Waals surface area contributed by atoms with E-state index in [4.69, 9.17) is 9.84 Å². The van der Waals surface area contributed by atoms with Gasteiger partial charge >= 0.3 is 5.97 Å². The summed E-state index contributed by atoms with van der Waals surface area (Å²) in [5.74, 6) is -0.596. The number of rotatable bonds is 6. The van der Waals surface area contributed by atoms with E-state index in [2.05, 4.69) is 5.32 Å². The van der Waals surface area contributed by atoms with Crippen molar-refractivity contribution in [3.05, 3.63) is 35.4 Å². The Hall–Kier alpha value is -1.81. The quantitative estimate of drug-likeness (QED) is 0.740. The SMILES string of the molecule is CNCCC=Cc1ccc(C(=O)O)c(OC)c1. The molecule has 0 aromatic heterocycles.